The van der Waals surface area contributed by atoms with E-state index in [4.69, 9.17) is 0 Å². The highest BCUT2D eigenvalue weighted by molar-refractivity contribution is 7.99. The summed E-state index contributed by atoms with van der Waals surface area (Å²) < 4.78 is 193. The van der Waals surface area contributed by atoms with Gasteiger partial charge in [0.2, 0.25) is 5.91 Å². The first-order valence-electron chi connectivity index (χ1n) is 45.2. The molecule has 1 saturated heterocycles. The van der Waals surface area contributed by atoms with Gasteiger partial charge in [0.05, 0.1) is 98.0 Å². The molecule has 0 spiro atoms. The number of nitrogens with one attached hydrogen (secondary N) is 4. The van der Waals surface area contributed by atoms with E-state index in [9.17, 15) is 89.6 Å². The van der Waals surface area contributed by atoms with E-state index in [1.165, 1.54) is 54.7 Å². The Balaban J connectivity index is 0.000000164. The number of amides is 5. The minimum atomic E-state index is -4.38. The summed E-state index contributed by atoms with van der Waals surface area (Å²) in [6.07, 6.45) is -7.96. The third kappa shape index (κ3) is 27.6. The second kappa shape index (κ2) is 43.9. The van der Waals surface area contributed by atoms with Crippen molar-refractivity contribution in [2.75, 3.05) is 32.4 Å². The van der Waals surface area contributed by atoms with Crippen LogP contribution in [0.4, 0.5) is 61.5 Å². The molecule has 0 saturated carbocycles. The molecule has 1 fully saturated rings. The molecule has 0 bridgehead atoms. The maximum Gasteiger partial charge on any atom is 0.416 e. The normalized spacial score (nSPS) is 17.5. The number of nitrogens with zero attached hydrogens (tertiary/aromatic N) is 9. The Morgan fingerprint density at radius 2 is 0.672 bits per heavy atom. The van der Waals surface area contributed by atoms with Gasteiger partial charge >= 0.3 is 24.7 Å². The molecule has 5 amide bonds. The summed E-state index contributed by atoms with van der Waals surface area (Å²) in [5.41, 5.74) is 11.2. The van der Waals surface area contributed by atoms with Crippen LogP contribution in [-0.4, -0.2) is 122 Å². The lowest BCUT2D eigenvalue weighted by Crippen LogP contribution is -2.40. The molecule has 19 nitrogen and oxygen atoms in total. The summed E-state index contributed by atoms with van der Waals surface area (Å²) in [5.74, 6) is 0.772. The number of pyridine rings is 4. The second-order valence-electron chi connectivity index (χ2n) is 37.1. The van der Waals surface area contributed by atoms with Gasteiger partial charge < -0.3 is 26.2 Å². The van der Waals surface area contributed by atoms with E-state index < -0.39 is 74.9 Å². The first kappa shape index (κ1) is 104. The van der Waals surface area contributed by atoms with Gasteiger partial charge in [-0.15, -0.1) is 0 Å². The molecule has 34 heteroatoms. The van der Waals surface area contributed by atoms with Gasteiger partial charge in [0.25, 0.3) is 29.6 Å². The van der Waals surface area contributed by atoms with Crippen molar-refractivity contribution in [2.45, 2.75) is 207 Å². The van der Waals surface area contributed by atoms with Crippen LogP contribution in [0.15, 0.2) is 206 Å². The Bertz CT molecular complexity index is 5990. The van der Waals surface area contributed by atoms with Gasteiger partial charge in [-0.25, -0.2) is 8.78 Å². The molecular weight excluding hydrogens is 1810 g/mol. The minimum absolute atomic E-state index is 0.0105. The third-order valence-corrected chi connectivity index (χ3v) is 26.0. The molecule has 137 heavy (non-hydrogen) atoms. The smallest absolute Gasteiger partial charge is 0.352 e. The lowest BCUT2D eigenvalue weighted by molar-refractivity contribution is -0.138. The van der Waals surface area contributed by atoms with Crippen molar-refractivity contribution >= 4 is 44.9 Å². The Morgan fingerprint density at radius 1 is 0.387 bits per heavy atom. The molecule has 5 aliphatic heterocycles. The molecule has 730 valence electrons. The summed E-state index contributed by atoms with van der Waals surface area (Å²) in [5, 5.41) is 11.0. The van der Waals surface area contributed by atoms with E-state index in [0.717, 1.165) is 160 Å². The van der Waals surface area contributed by atoms with Gasteiger partial charge in [-0.2, -0.15) is 52.7 Å². The number of piperidine rings is 1. The van der Waals surface area contributed by atoms with Crippen LogP contribution < -0.4 is 21.3 Å². The number of rotatable bonds is 25. The number of hydrogen-bond donors (Lipinski definition) is 4. The number of fused-ring (bicyclic) bond motifs is 4. The minimum Gasteiger partial charge on any atom is -0.352 e. The number of halogens is 14. The zero-order valence-corrected chi connectivity index (χ0v) is 78.8. The Hall–Kier alpha value is -11.9. The van der Waals surface area contributed by atoms with E-state index in [1.807, 2.05) is 73.3 Å². The van der Waals surface area contributed by atoms with Crippen LogP contribution >= 0.6 is 0 Å². The van der Waals surface area contributed by atoms with Crippen molar-refractivity contribution < 1.29 is 89.6 Å². The topological polar surface area (TPSA) is 218 Å². The number of alkyl halides is 14. The van der Waals surface area contributed by atoms with Gasteiger partial charge in [0, 0.05) is 135 Å². The molecule has 0 aliphatic carbocycles. The van der Waals surface area contributed by atoms with Crippen molar-refractivity contribution in [3.63, 3.8) is 0 Å². The number of carbonyl (C=O) groups excluding carboxylic acids is 5. The summed E-state index contributed by atoms with van der Waals surface area (Å²) in [7, 11) is -2.35. The third-order valence-electron chi connectivity index (χ3n) is 24.8. The Kier molecular flexibility index (Phi) is 33.3. The molecule has 9 heterocycles. The predicted octanol–water partition coefficient (Wildman–Crippen LogP) is 21.2. The molecule has 5 atom stereocenters. The quantitative estimate of drug-likeness (QED) is 0.0309. The number of likely N-dealkylation sites (tertiary alicyclic amines) is 1. The van der Waals surface area contributed by atoms with Crippen molar-refractivity contribution in [3.8, 4) is 0 Å². The SMILES string of the molecule is C=S(C)(=O)c1cccc(CNC(=O)c2cnc3c(c2)CN(Cc2ccc(C(F)(F)F)cc2)[C@H]3C(C)C)c1.CC(=O)N1CCC(CNC(=O)c2cnc3c(c2)CN(Cc2ccc(C(F)(F)F)cc2)[C@H]3C(C)C)CC1.CC(C)[C@H]1c2ncc(C(=O)NCC(C)(F)F)cc2CN1Cc1ccc(C(F)(F)F)cc1.CC(C)[C@H]1c2ncc(C(=O)NCc3ccccc3)cc2CN1Cc1ccc(C(F)(F)F)cc1. The summed E-state index contributed by atoms with van der Waals surface area (Å²) in [4.78, 5) is 91.5. The highest BCUT2D eigenvalue weighted by Gasteiger charge is 2.42. The van der Waals surface area contributed by atoms with Gasteiger partial charge in [-0.1, -0.05) is 146 Å². The molecule has 10 aromatic rings. The van der Waals surface area contributed by atoms with Crippen LogP contribution in [0.1, 0.15) is 248 Å². The van der Waals surface area contributed by atoms with Crippen molar-refractivity contribution in [3.05, 3.63) is 324 Å². The fourth-order valence-corrected chi connectivity index (χ4v) is 18.8. The van der Waals surface area contributed by atoms with Crippen LogP contribution in [0.25, 0.3) is 0 Å². The van der Waals surface area contributed by atoms with Crippen LogP contribution in [0.3, 0.4) is 0 Å². The first-order valence-corrected chi connectivity index (χ1v) is 47.3. The van der Waals surface area contributed by atoms with E-state index in [-0.39, 0.29) is 83.6 Å². The lowest BCUT2D eigenvalue weighted by atomic mass is 9.96. The highest BCUT2D eigenvalue weighted by atomic mass is 32.2. The molecule has 4 aromatic heterocycles. The number of benzene rings is 6. The molecule has 4 N–H and O–H groups in total. The summed E-state index contributed by atoms with van der Waals surface area (Å²) >= 11 is 0. The number of aromatic nitrogens is 4. The Labute approximate surface area is 789 Å². The van der Waals surface area contributed by atoms with Crippen molar-refractivity contribution in [2.24, 2.45) is 29.6 Å². The van der Waals surface area contributed by atoms with Crippen molar-refractivity contribution in [1.82, 2.24) is 65.7 Å². The average molecular weight is 1930 g/mol. The first-order chi connectivity index (χ1) is 64.4. The standard InChI is InChI=1S/C28H30F3N3O2S.C27H33F3N4O2.C26H26F3N3O.C22H24F5N3O/c1-18(2)26-25-22(17-34(26)16-19-8-10-23(11-9-19)28(29,30)31)13-21(15-32-25)27(35)33-14-20-6-5-7-24(12-20)37(3,4)36;1-17(2)25-24-22(16-34(25)15-20-4-6-23(7-5-20)27(28,29)30)12-21(14-31-24)26(36)32-13-19-8-10-33(11-9-19)18(3)35;1-17(2)24-23-21(16-32(24)15-19-8-10-22(11-9-19)26(27,28)29)12-20(14-30-23)25(33)31-13-18-6-4-3-5-7-18;1-13(2)19-18-16(8-15(9-28-18)20(31)29-12-21(3,23)24)11-30(19)10-14-4-6-17(7-5-14)22(25,26)27/h5-13,15,18,26H,3,14,16-17H2,1-2,4H3,(H,33,35);4-7,12,14,17,19,25H,8-11,13,15-16H2,1-3H3,(H,32,36);3-12,14,17,24H,13,15-16H2,1-2H3,(H,31,33);4-9,13,19H,10-12H2,1-3H3,(H,29,31)/t26-,37?;25-;24-;19-/m0000/s1. The zero-order valence-electron chi connectivity index (χ0n) is 77.9. The van der Waals surface area contributed by atoms with Crippen LogP contribution in [-0.2, 0) is 104 Å². The largest absolute Gasteiger partial charge is 0.416 e. The lowest BCUT2D eigenvalue weighted by Gasteiger charge is -2.31. The molecule has 15 rings (SSSR count). The predicted molar refractivity (Wildman–Crippen MR) is 495 cm³/mol. The van der Waals surface area contributed by atoms with E-state index in [1.54, 1.807) is 56.0 Å². The van der Waals surface area contributed by atoms with E-state index in [0.29, 0.717) is 93.0 Å². The number of hydrogen-bond acceptors (Lipinski definition) is 14. The molecule has 1 unspecified atom stereocenters. The zero-order chi connectivity index (χ0) is 99.6. The van der Waals surface area contributed by atoms with Gasteiger partial charge in [0.1, 0.15) is 0 Å². The number of carbonyl (C=O) groups is 5. The molecular formula is C103H113F14N13O6S. The van der Waals surface area contributed by atoms with Gasteiger partial charge in [0.15, 0.2) is 0 Å². The summed E-state index contributed by atoms with van der Waals surface area (Å²) in [6.45, 7) is 24.9. The average Bonchev–Trinajstić information content (AvgIpc) is 1.64. The second-order valence-corrected chi connectivity index (χ2v) is 39.6. The van der Waals surface area contributed by atoms with Crippen molar-refractivity contribution in [1.29, 1.82) is 0 Å². The van der Waals surface area contributed by atoms with Crippen LogP contribution in [0.2, 0.25) is 0 Å². The van der Waals surface area contributed by atoms with Gasteiger partial charge in [-0.3, -0.25) is 67.7 Å². The maximum absolute atomic E-state index is 13.0. The van der Waals surface area contributed by atoms with E-state index in [2.05, 4.69) is 108 Å². The summed E-state index contributed by atoms with van der Waals surface area (Å²) in [6, 6.07) is 44.9. The van der Waals surface area contributed by atoms with E-state index >= 15 is 0 Å². The van der Waals surface area contributed by atoms with Gasteiger partial charge in [-0.05, 0) is 198 Å². The monoisotopic (exact) mass is 1930 g/mol. The Morgan fingerprint density at radius 3 is 0.949 bits per heavy atom. The fourth-order valence-electron chi connectivity index (χ4n) is 18.0. The fraction of sp³-hybridized carbons (Fsp3) is 0.398. The highest BCUT2D eigenvalue weighted by Crippen LogP contribution is 2.45. The molecule has 6 aromatic carbocycles. The molecule has 0 radical (unpaired) electrons. The van der Waals surface area contributed by atoms with Crippen LogP contribution in [0, 0.1) is 29.6 Å². The maximum atomic E-state index is 13.0. The van der Waals surface area contributed by atoms with Crippen LogP contribution in [0.5, 0.6) is 0 Å². The molecule has 5 aliphatic rings.